The zero-order chi connectivity index (χ0) is 79.8. The number of H-pyrrole nitrogens is 2. The lowest BCUT2D eigenvalue weighted by Crippen LogP contribution is -2.39. The van der Waals surface area contributed by atoms with Gasteiger partial charge in [0.2, 0.25) is 5.91 Å². The lowest BCUT2D eigenvalue weighted by molar-refractivity contribution is -0.154. The van der Waals surface area contributed by atoms with E-state index in [4.69, 9.17) is 54.8 Å². The molecule has 0 radical (unpaired) electrons. The molecule has 8 atom stereocenters. The third-order valence-electron chi connectivity index (χ3n) is 14.1. The smallest absolute Gasteiger partial charge is 0.459 e. The van der Waals surface area contributed by atoms with E-state index < -0.39 is 105 Å². The SMILES string of the molecule is C#CC#CC#CC#CC#CC#CC#CC#CC#CC#CC#COc1cc(Cn2ccc3cc(CNC(=O)CCC(=O)OC4C[C@H](n5cc(C)c(=O)[nH]c5=O)O[C@@H]4COP(=O)(OCCC#N)OC4[C@@H](CC)O[C@@H](n5ccc(=O)[nH]c5=O)[C@H]4OC)ccc32)cc(OC#CC#CC#CC#CC#CC#CC#CC#CC#CC#CC#C)c1. The third-order valence-corrected chi connectivity index (χ3v) is 15.6. The van der Waals surface area contributed by atoms with Crippen LogP contribution in [0, 0.1) is 280 Å². The average Bonchev–Trinajstić information content (AvgIpc) is 1.63. The maximum atomic E-state index is 14.7. The van der Waals surface area contributed by atoms with Gasteiger partial charge in [0.05, 0.1) is 38.2 Å². The first kappa shape index (κ1) is 83.0. The highest BCUT2D eigenvalue weighted by molar-refractivity contribution is 7.48. The second-order valence-electron chi connectivity index (χ2n) is 21.5. The number of phosphoric ester groups is 1. The Kier molecular flexibility index (Phi) is 34.4. The van der Waals surface area contributed by atoms with E-state index >= 15 is 0 Å². The quantitative estimate of drug-likeness (QED) is 0.0387. The van der Waals surface area contributed by atoms with Gasteiger partial charge in [0.15, 0.2) is 6.23 Å². The summed E-state index contributed by atoms with van der Waals surface area (Å²) in [6.07, 6.45) is 10.3. The zero-order valence-corrected chi connectivity index (χ0v) is 60.1. The van der Waals surface area contributed by atoms with Gasteiger partial charge in [-0.1, -0.05) is 13.0 Å². The predicted octanol–water partition coefficient (Wildman–Crippen LogP) is 3.46. The molecule has 24 heteroatoms. The van der Waals surface area contributed by atoms with E-state index in [1.807, 2.05) is 41.1 Å². The van der Waals surface area contributed by atoms with E-state index in [2.05, 4.69) is 264 Å². The number of aryl methyl sites for hydroxylation is 1. The molecule has 0 saturated carbocycles. The van der Waals surface area contributed by atoms with E-state index in [1.54, 1.807) is 25.1 Å². The van der Waals surface area contributed by atoms with Crippen molar-refractivity contribution in [2.75, 3.05) is 20.3 Å². The molecule has 7 rings (SSSR count). The Hall–Kier alpha value is -16.3. The first-order valence-corrected chi connectivity index (χ1v) is 33.9. The van der Waals surface area contributed by atoms with Gasteiger partial charge in [-0.15, -0.1) is 12.8 Å². The minimum atomic E-state index is -4.78. The van der Waals surface area contributed by atoms with Crippen LogP contribution in [-0.2, 0) is 59.8 Å². The topological polar surface area (TPSA) is 285 Å². The highest BCUT2D eigenvalue weighted by Crippen LogP contribution is 2.54. The number of esters is 1. The maximum absolute atomic E-state index is 14.7. The number of ether oxygens (including phenoxy) is 6. The van der Waals surface area contributed by atoms with Gasteiger partial charge in [-0.05, 0) is 155 Å². The summed E-state index contributed by atoms with van der Waals surface area (Å²) < 4.78 is 71.7. The molecule has 3 N–H and O–H groups in total. The number of amides is 1. The van der Waals surface area contributed by atoms with E-state index in [9.17, 15) is 38.6 Å². The van der Waals surface area contributed by atoms with Crippen molar-refractivity contribution in [2.45, 2.75) is 102 Å². The number of carbonyl (C=O) groups is 2. The summed E-state index contributed by atoms with van der Waals surface area (Å²) in [5.74, 6) is 98.4. The molecule has 3 unspecified atom stereocenters. The van der Waals surface area contributed by atoms with Gasteiger partial charge in [0.1, 0.15) is 54.4 Å². The molecule has 3 aromatic heterocycles. The van der Waals surface area contributed by atoms with Gasteiger partial charge in [-0.2, -0.15) is 5.26 Å². The molecule has 5 heterocycles. The summed E-state index contributed by atoms with van der Waals surface area (Å²) >= 11 is 0. The lowest BCUT2D eigenvalue weighted by atomic mass is 10.1. The van der Waals surface area contributed by atoms with Crippen LogP contribution in [0.3, 0.4) is 0 Å². The summed E-state index contributed by atoms with van der Waals surface area (Å²) in [6, 6.07) is 15.5. The van der Waals surface area contributed by atoms with Crippen LogP contribution < -0.4 is 37.3 Å². The number of hydrogen-bond donors (Lipinski definition) is 3. The predicted molar refractivity (Wildman–Crippen MR) is 408 cm³/mol. The highest BCUT2D eigenvalue weighted by Gasteiger charge is 2.51. The number of fused-ring (bicyclic) bond motifs is 1. The van der Waals surface area contributed by atoms with Crippen molar-refractivity contribution < 1.29 is 56.1 Å². The standard InChI is InChI=1S/C88H50N7O16P/c1-6-9-11-13-15-17-19-21-23-25-27-29-31-33-35-37-39-41-43-45-57-104-73-61-71(62-74(63-73)105-58-46-44-42-40-38-36-34-32-30-28-26-24-22-20-18-16-14-12-10-7-2)67-93-55-52-72-60-70(48-49-75(72)93)65-90-79(96)50-51-82(98)109-77-64-81(95-66-69(4)85(99)92-88(95)101)108-78(77)68-107-112(102,106-59-47-54-89)111-83-76(8-3)110-86(84(83)103-5)94-56-53-80(97)91-87(94)100/h1-2,48-49,52-53,55-56,60-63,66,76-78,81,83-84,86H,8,47,50-51,59,64-65,67-68H2,3-5H3,(H,90,96)(H,91,97,100)(H,92,99,101)/t76-,77?,78-,81-,83?,84+,86-,112?/m1/s1. The van der Waals surface area contributed by atoms with Crippen LogP contribution in [0.15, 0.2) is 86.3 Å². The molecule has 23 nitrogen and oxygen atoms in total. The van der Waals surface area contributed by atoms with Crippen molar-refractivity contribution in [3.05, 3.63) is 125 Å². The van der Waals surface area contributed by atoms with Crippen molar-refractivity contribution in [1.82, 2.24) is 29.0 Å². The fraction of sp³-hybridized carbons (Fsp3) is 0.216. The van der Waals surface area contributed by atoms with Crippen molar-refractivity contribution in [3.63, 3.8) is 0 Å². The molecular formula is C88H50N7O16P. The molecule has 5 aromatic rings. The number of terminal acetylenes is 2. The van der Waals surface area contributed by atoms with Crippen molar-refractivity contribution >= 4 is 30.6 Å². The molecule has 0 bridgehead atoms. The Morgan fingerprint density at radius 1 is 0.598 bits per heavy atom. The second kappa shape index (κ2) is 46.5. The van der Waals surface area contributed by atoms with E-state index in [0.29, 0.717) is 12.1 Å². The maximum Gasteiger partial charge on any atom is 0.475 e. The fourth-order valence-corrected chi connectivity index (χ4v) is 10.8. The molecule has 2 aliphatic rings. The van der Waals surface area contributed by atoms with Gasteiger partial charge < -0.3 is 38.3 Å². The Morgan fingerprint density at radius 2 is 1.12 bits per heavy atom. The molecular weight excluding hydrogens is 1440 g/mol. The first-order valence-electron chi connectivity index (χ1n) is 32.5. The normalized spacial score (nSPS) is 15.1. The lowest BCUT2D eigenvalue weighted by Gasteiger charge is -2.28. The number of phosphoric acid groups is 1. The van der Waals surface area contributed by atoms with Gasteiger partial charge in [-0.25, -0.2) is 14.2 Å². The minimum absolute atomic E-state index is 0.0795. The molecule has 112 heavy (non-hydrogen) atoms. The van der Waals surface area contributed by atoms with Gasteiger partial charge in [-0.3, -0.25) is 51.9 Å². The number of rotatable bonds is 22. The van der Waals surface area contributed by atoms with Crippen LogP contribution in [0.25, 0.3) is 10.9 Å². The number of aromatic amines is 2. The Bertz CT molecular complexity index is 6210. The Labute approximate surface area is 645 Å². The molecule has 0 aliphatic carbocycles. The summed E-state index contributed by atoms with van der Waals surface area (Å²) in [4.78, 5) is 81.5. The van der Waals surface area contributed by atoms with Crippen LogP contribution in [0.5, 0.6) is 11.5 Å². The van der Waals surface area contributed by atoms with Crippen LogP contribution >= 0.6 is 7.82 Å². The highest BCUT2D eigenvalue weighted by atomic mass is 31.2. The summed E-state index contributed by atoms with van der Waals surface area (Å²) in [5, 5.41) is 13.0. The van der Waals surface area contributed by atoms with Crippen LogP contribution in [0.2, 0.25) is 0 Å². The number of nitrogens with one attached hydrogen (secondary N) is 3. The number of carbonyl (C=O) groups excluding carboxylic acids is 2. The number of hydrogen-bond acceptors (Lipinski definition) is 17. The molecule has 2 aromatic carbocycles. The molecule has 2 saturated heterocycles. The molecule has 0 spiro atoms. The first-order chi connectivity index (χ1) is 54.6. The summed E-state index contributed by atoms with van der Waals surface area (Å²) in [7, 11) is -3.49. The van der Waals surface area contributed by atoms with Crippen LogP contribution in [0.1, 0.15) is 68.2 Å². The molecule has 2 aliphatic heterocycles. The van der Waals surface area contributed by atoms with Crippen LogP contribution in [0.4, 0.5) is 0 Å². The van der Waals surface area contributed by atoms with Crippen molar-refractivity contribution in [1.29, 1.82) is 5.26 Å². The molecule has 1 amide bonds. The number of aromatic nitrogens is 5. The number of nitriles is 1. The van der Waals surface area contributed by atoms with E-state index in [1.165, 1.54) is 26.4 Å². The summed E-state index contributed by atoms with van der Waals surface area (Å²) in [6.45, 7) is 2.46. The van der Waals surface area contributed by atoms with Crippen LogP contribution in [-0.4, -0.2) is 86.4 Å². The zero-order valence-electron chi connectivity index (χ0n) is 59.2. The third kappa shape index (κ3) is 28.6. The number of benzene rings is 2. The van der Waals surface area contributed by atoms with E-state index in [-0.39, 0.29) is 49.3 Å². The largest absolute Gasteiger partial charge is 0.475 e. The van der Waals surface area contributed by atoms with Gasteiger partial charge >= 0.3 is 25.2 Å². The fourth-order valence-electron chi connectivity index (χ4n) is 9.45. The van der Waals surface area contributed by atoms with Gasteiger partial charge in [0.25, 0.3) is 11.1 Å². The minimum Gasteiger partial charge on any atom is -0.459 e. The van der Waals surface area contributed by atoms with E-state index in [0.717, 1.165) is 31.7 Å². The average molecular weight is 1490 g/mol. The Morgan fingerprint density at radius 3 is 1.62 bits per heavy atom. The summed E-state index contributed by atoms with van der Waals surface area (Å²) in [5.41, 5.74) is -0.564. The molecule has 2 fully saturated rings. The monoisotopic (exact) mass is 1490 g/mol. The Balaban J connectivity index is 0.988. The number of nitrogens with zero attached hydrogens (tertiary/aromatic N) is 4. The van der Waals surface area contributed by atoms with Gasteiger partial charge in [0, 0.05) is 217 Å². The second-order valence-corrected chi connectivity index (χ2v) is 23.1. The number of methoxy groups -OCH3 is 1. The van der Waals surface area contributed by atoms with Crippen molar-refractivity contribution in [3.8, 4) is 279 Å². The molecule has 538 valence electrons. The van der Waals surface area contributed by atoms with Crippen molar-refractivity contribution in [2.24, 2.45) is 0 Å².